The van der Waals surface area contributed by atoms with Gasteiger partial charge in [0.15, 0.2) is 0 Å². The standard InChI is InChI=1S/C21H32N2O2/c1-23-16-10-4-2-3-9-15-22-18-12-6-8-14-20(18)25-19-13-7-5-11-17(19)21(23)24/h5,7,11,13,18,20,22H,2-4,6,8-10,12,14-16H2,1H3/t18-,20+/m1/s1. The molecule has 1 heterocycles. The summed E-state index contributed by atoms with van der Waals surface area (Å²) in [5.74, 6) is 0.818. The molecule has 2 atom stereocenters. The van der Waals surface area contributed by atoms with E-state index in [0.717, 1.165) is 31.7 Å². The Labute approximate surface area is 151 Å². The minimum atomic E-state index is 0.0748. The number of benzene rings is 1. The first-order valence-corrected chi connectivity index (χ1v) is 10.0. The molecule has 4 nitrogen and oxygen atoms in total. The zero-order valence-electron chi connectivity index (χ0n) is 15.5. The highest BCUT2D eigenvalue weighted by Gasteiger charge is 2.28. The van der Waals surface area contributed by atoms with E-state index in [0.29, 0.717) is 11.6 Å². The minimum Gasteiger partial charge on any atom is -0.488 e. The van der Waals surface area contributed by atoms with Gasteiger partial charge < -0.3 is 15.0 Å². The van der Waals surface area contributed by atoms with Crippen LogP contribution in [0.3, 0.4) is 0 Å². The van der Waals surface area contributed by atoms with Gasteiger partial charge in [0.25, 0.3) is 5.91 Å². The van der Waals surface area contributed by atoms with Crippen molar-refractivity contribution in [1.29, 1.82) is 0 Å². The van der Waals surface area contributed by atoms with Crippen LogP contribution >= 0.6 is 0 Å². The molecule has 1 aromatic carbocycles. The lowest BCUT2D eigenvalue weighted by Gasteiger charge is -2.33. The SMILES string of the molecule is CN1CCCCCCCN[C@@H]2CCCC[C@@H]2Oc2ccccc2C1=O. The molecule has 0 aromatic heterocycles. The molecule has 1 fully saturated rings. The van der Waals surface area contributed by atoms with E-state index in [1.54, 1.807) is 0 Å². The van der Waals surface area contributed by atoms with Gasteiger partial charge in [-0.2, -0.15) is 0 Å². The van der Waals surface area contributed by atoms with E-state index in [2.05, 4.69) is 5.32 Å². The third-order valence-electron chi connectivity index (χ3n) is 5.52. The van der Waals surface area contributed by atoms with Crippen molar-refractivity contribution in [2.24, 2.45) is 0 Å². The highest BCUT2D eigenvalue weighted by Crippen LogP contribution is 2.27. The third-order valence-corrected chi connectivity index (χ3v) is 5.52. The summed E-state index contributed by atoms with van der Waals surface area (Å²) < 4.78 is 6.38. The van der Waals surface area contributed by atoms with Crippen LogP contribution in [-0.2, 0) is 0 Å². The Hall–Kier alpha value is -1.55. The monoisotopic (exact) mass is 344 g/mol. The molecular formula is C21H32N2O2. The Bertz CT molecular complexity index is 561. The van der Waals surface area contributed by atoms with Gasteiger partial charge in [0.2, 0.25) is 0 Å². The normalized spacial score (nSPS) is 26.6. The number of ether oxygens (including phenoxy) is 1. The predicted octanol–water partition coefficient (Wildman–Crippen LogP) is 4.00. The number of nitrogens with zero attached hydrogens (tertiary/aromatic N) is 1. The number of hydrogen-bond donors (Lipinski definition) is 1. The zero-order valence-corrected chi connectivity index (χ0v) is 15.5. The van der Waals surface area contributed by atoms with Crippen LogP contribution in [0.5, 0.6) is 5.75 Å². The van der Waals surface area contributed by atoms with Crippen LogP contribution in [0.4, 0.5) is 0 Å². The summed E-state index contributed by atoms with van der Waals surface area (Å²) in [7, 11) is 1.90. The average molecular weight is 344 g/mol. The maximum atomic E-state index is 12.9. The fraction of sp³-hybridized carbons (Fsp3) is 0.667. The second-order valence-electron chi connectivity index (χ2n) is 7.49. The molecule has 1 N–H and O–H groups in total. The largest absolute Gasteiger partial charge is 0.488 e. The smallest absolute Gasteiger partial charge is 0.257 e. The highest BCUT2D eigenvalue weighted by molar-refractivity contribution is 5.96. The Morgan fingerprint density at radius 1 is 1.00 bits per heavy atom. The van der Waals surface area contributed by atoms with Crippen LogP contribution in [0.1, 0.15) is 68.1 Å². The van der Waals surface area contributed by atoms with Gasteiger partial charge in [0.1, 0.15) is 11.9 Å². The summed E-state index contributed by atoms with van der Waals surface area (Å²) in [4.78, 5) is 14.7. The molecule has 1 saturated carbocycles. The van der Waals surface area contributed by atoms with E-state index in [1.807, 2.05) is 36.2 Å². The first-order valence-electron chi connectivity index (χ1n) is 10.0. The molecule has 1 aliphatic carbocycles. The first-order chi connectivity index (χ1) is 12.3. The maximum absolute atomic E-state index is 12.9. The van der Waals surface area contributed by atoms with E-state index < -0.39 is 0 Å². The molecule has 0 saturated heterocycles. The summed E-state index contributed by atoms with van der Waals surface area (Å²) in [6.07, 6.45) is 10.9. The van der Waals surface area contributed by atoms with Crippen LogP contribution in [0, 0.1) is 0 Å². The molecule has 0 spiro atoms. The maximum Gasteiger partial charge on any atom is 0.257 e. The van der Waals surface area contributed by atoms with E-state index in [4.69, 9.17) is 4.74 Å². The Morgan fingerprint density at radius 2 is 1.76 bits per heavy atom. The average Bonchev–Trinajstić information content (AvgIpc) is 2.64. The lowest BCUT2D eigenvalue weighted by atomic mass is 9.92. The molecule has 1 amide bonds. The van der Waals surface area contributed by atoms with Crippen LogP contribution < -0.4 is 10.1 Å². The van der Waals surface area contributed by atoms with E-state index in [1.165, 1.54) is 44.9 Å². The van der Waals surface area contributed by atoms with Crippen LogP contribution in [0.25, 0.3) is 0 Å². The number of carbonyl (C=O) groups excluding carboxylic acids is 1. The van der Waals surface area contributed by atoms with Crippen molar-refractivity contribution in [1.82, 2.24) is 10.2 Å². The molecule has 25 heavy (non-hydrogen) atoms. The summed E-state index contributed by atoms with van der Waals surface area (Å²) >= 11 is 0. The van der Waals surface area contributed by atoms with E-state index >= 15 is 0 Å². The highest BCUT2D eigenvalue weighted by atomic mass is 16.5. The third kappa shape index (κ3) is 4.97. The Balaban J connectivity index is 1.81. The van der Waals surface area contributed by atoms with Crippen molar-refractivity contribution in [2.45, 2.75) is 69.9 Å². The molecule has 138 valence electrons. The van der Waals surface area contributed by atoms with Gasteiger partial charge >= 0.3 is 0 Å². The van der Waals surface area contributed by atoms with Gasteiger partial charge in [-0.1, -0.05) is 37.8 Å². The van der Waals surface area contributed by atoms with Crippen molar-refractivity contribution < 1.29 is 9.53 Å². The zero-order chi connectivity index (χ0) is 17.5. The molecule has 2 aliphatic rings. The van der Waals surface area contributed by atoms with Gasteiger partial charge in [-0.15, -0.1) is 0 Å². The van der Waals surface area contributed by atoms with Crippen molar-refractivity contribution in [3.8, 4) is 5.75 Å². The summed E-state index contributed by atoms with van der Waals surface area (Å²) in [6, 6.07) is 8.15. The fourth-order valence-corrected chi connectivity index (χ4v) is 3.98. The molecule has 0 radical (unpaired) electrons. The number of rotatable bonds is 0. The van der Waals surface area contributed by atoms with Crippen molar-refractivity contribution in [3.63, 3.8) is 0 Å². The Kier molecular flexibility index (Phi) is 6.74. The molecule has 3 rings (SSSR count). The number of amides is 1. The van der Waals surface area contributed by atoms with Crippen LogP contribution in [-0.4, -0.2) is 43.1 Å². The van der Waals surface area contributed by atoms with Crippen molar-refractivity contribution >= 4 is 5.91 Å². The van der Waals surface area contributed by atoms with Gasteiger partial charge in [-0.25, -0.2) is 0 Å². The fourth-order valence-electron chi connectivity index (χ4n) is 3.98. The molecule has 0 bridgehead atoms. The van der Waals surface area contributed by atoms with Crippen LogP contribution in [0.2, 0.25) is 0 Å². The van der Waals surface area contributed by atoms with Crippen molar-refractivity contribution in [2.75, 3.05) is 20.1 Å². The van der Waals surface area contributed by atoms with Gasteiger partial charge in [-0.05, 0) is 50.8 Å². The molecular weight excluding hydrogens is 312 g/mol. The number of nitrogens with one attached hydrogen (secondary N) is 1. The minimum absolute atomic E-state index is 0.0748. The van der Waals surface area contributed by atoms with Gasteiger partial charge in [0, 0.05) is 19.6 Å². The van der Waals surface area contributed by atoms with Gasteiger partial charge in [-0.3, -0.25) is 4.79 Å². The van der Waals surface area contributed by atoms with E-state index in [9.17, 15) is 4.79 Å². The quantitative estimate of drug-likeness (QED) is 0.773. The van der Waals surface area contributed by atoms with Crippen LogP contribution in [0.15, 0.2) is 24.3 Å². The molecule has 1 aromatic rings. The molecule has 1 aliphatic heterocycles. The predicted molar refractivity (Wildman–Crippen MR) is 101 cm³/mol. The first kappa shape index (κ1) is 18.2. The molecule has 0 unspecified atom stereocenters. The second kappa shape index (κ2) is 9.23. The summed E-state index contributed by atoms with van der Waals surface area (Å²) in [5, 5.41) is 3.72. The Morgan fingerprint density at radius 3 is 2.68 bits per heavy atom. The topological polar surface area (TPSA) is 41.6 Å². The number of para-hydroxylation sites is 1. The number of fused-ring (bicyclic) bond motifs is 2. The van der Waals surface area contributed by atoms with Gasteiger partial charge in [0.05, 0.1) is 5.56 Å². The summed E-state index contributed by atoms with van der Waals surface area (Å²) in [6.45, 7) is 1.89. The summed E-state index contributed by atoms with van der Waals surface area (Å²) in [5.41, 5.74) is 0.698. The lowest BCUT2D eigenvalue weighted by Crippen LogP contribution is -2.45. The number of hydrogen-bond acceptors (Lipinski definition) is 3. The van der Waals surface area contributed by atoms with E-state index in [-0.39, 0.29) is 12.0 Å². The molecule has 4 heteroatoms. The second-order valence-corrected chi connectivity index (χ2v) is 7.49. The van der Waals surface area contributed by atoms with Crippen molar-refractivity contribution in [3.05, 3.63) is 29.8 Å². The number of carbonyl (C=O) groups is 1. The lowest BCUT2D eigenvalue weighted by molar-refractivity contribution is 0.0773.